The lowest BCUT2D eigenvalue weighted by atomic mass is 9.80. The van der Waals surface area contributed by atoms with E-state index in [0.29, 0.717) is 0 Å². The van der Waals surface area contributed by atoms with Crippen LogP contribution in [0.1, 0.15) is 38.1 Å². The molecule has 0 radical (unpaired) electrons. The van der Waals surface area contributed by atoms with E-state index in [2.05, 4.69) is 5.32 Å². The molecule has 1 aromatic rings. The Balaban J connectivity index is 2.91. The van der Waals surface area contributed by atoms with E-state index in [4.69, 9.17) is 4.74 Å². The zero-order valence-corrected chi connectivity index (χ0v) is 13.5. The molecule has 0 fully saturated rings. The molecule has 0 saturated heterocycles. The second kappa shape index (κ2) is 7.05. The summed E-state index contributed by atoms with van der Waals surface area (Å²) in [7, 11) is 1.24. The van der Waals surface area contributed by atoms with Crippen LogP contribution in [-0.4, -0.2) is 30.8 Å². The van der Waals surface area contributed by atoms with Crippen LogP contribution in [0.15, 0.2) is 12.1 Å². The number of carbonyl (C=O) groups excluding carboxylic acids is 1. The van der Waals surface area contributed by atoms with Gasteiger partial charge in [0.2, 0.25) is 0 Å². The van der Waals surface area contributed by atoms with Gasteiger partial charge in [-0.15, -0.1) is 0 Å². The first-order chi connectivity index (χ1) is 10.1. The van der Waals surface area contributed by atoms with Crippen LogP contribution in [0.3, 0.4) is 0 Å². The minimum absolute atomic E-state index is 0.00260. The Hall–Kier alpha value is -1.69. The van der Waals surface area contributed by atoms with Crippen molar-refractivity contribution in [1.29, 1.82) is 0 Å². The molecule has 22 heavy (non-hydrogen) atoms. The summed E-state index contributed by atoms with van der Waals surface area (Å²) >= 11 is 0. The van der Waals surface area contributed by atoms with Crippen LogP contribution >= 0.6 is 0 Å². The van der Waals surface area contributed by atoms with Crippen LogP contribution in [0.25, 0.3) is 0 Å². The number of aliphatic hydroxyl groups is 1. The summed E-state index contributed by atoms with van der Waals surface area (Å²) in [5.74, 6) is -3.08. The van der Waals surface area contributed by atoms with Gasteiger partial charge in [0.15, 0.2) is 11.6 Å². The summed E-state index contributed by atoms with van der Waals surface area (Å²) < 4.78 is 32.5. The quantitative estimate of drug-likeness (QED) is 0.848. The van der Waals surface area contributed by atoms with Crippen molar-refractivity contribution in [2.45, 2.75) is 33.8 Å². The van der Waals surface area contributed by atoms with Crippen LogP contribution in [-0.2, 0) is 0 Å². The maximum absolute atomic E-state index is 14.0. The SMILES string of the molecule is COc1ccc(F)c(C(=O)NCC(C)(C)C(O)C(C)C)c1F. The highest BCUT2D eigenvalue weighted by molar-refractivity contribution is 5.95. The Morgan fingerprint density at radius 2 is 1.95 bits per heavy atom. The Morgan fingerprint density at radius 3 is 2.45 bits per heavy atom. The number of carbonyl (C=O) groups is 1. The van der Waals surface area contributed by atoms with Crippen LogP contribution in [0, 0.1) is 23.0 Å². The third-order valence-electron chi connectivity index (χ3n) is 3.64. The summed E-state index contributed by atoms with van der Waals surface area (Å²) in [6.45, 7) is 7.35. The molecule has 0 aliphatic heterocycles. The first-order valence-electron chi connectivity index (χ1n) is 7.10. The van der Waals surface area contributed by atoms with Gasteiger partial charge in [0.1, 0.15) is 11.4 Å². The third kappa shape index (κ3) is 3.94. The van der Waals surface area contributed by atoms with E-state index in [1.807, 2.05) is 13.8 Å². The van der Waals surface area contributed by atoms with Crippen molar-refractivity contribution in [3.63, 3.8) is 0 Å². The first kappa shape index (κ1) is 18.4. The lowest BCUT2D eigenvalue weighted by Crippen LogP contribution is -2.43. The minimum atomic E-state index is -1.04. The van der Waals surface area contributed by atoms with Gasteiger partial charge >= 0.3 is 0 Å². The molecular formula is C16H23F2NO3. The average molecular weight is 315 g/mol. The maximum Gasteiger partial charge on any atom is 0.257 e. The Bertz CT molecular complexity index is 544. The number of hydrogen-bond acceptors (Lipinski definition) is 3. The second-order valence-corrected chi connectivity index (χ2v) is 6.30. The number of amides is 1. The molecule has 1 amide bonds. The zero-order chi connectivity index (χ0) is 17.1. The predicted octanol–water partition coefficient (Wildman–Crippen LogP) is 2.75. The van der Waals surface area contributed by atoms with E-state index in [9.17, 15) is 18.7 Å². The highest BCUT2D eigenvalue weighted by Crippen LogP contribution is 2.26. The van der Waals surface area contributed by atoms with Crippen LogP contribution in [0.5, 0.6) is 5.75 Å². The Labute approximate surface area is 129 Å². The molecule has 2 N–H and O–H groups in total. The highest BCUT2D eigenvalue weighted by Gasteiger charge is 2.31. The van der Waals surface area contributed by atoms with E-state index in [1.165, 1.54) is 7.11 Å². The number of aliphatic hydroxyl groups excluding tert-OH is 1. The molecule has 4 nitrogen and oxygen atoms in total. The normalized spacial score (nSPS) is 13.1. The van der Waals surface area contributed by atoms with Crippen molar-refractivity contribution in [2.24, 2.45) is 11.3 Å². The number of nitrogens with one attached hydrogen (secondary N) is 1. The van der Waals surface area contributed by atoms with Gasteiger partial charge in [-0.2, -0.15) is 0 Å². The number of rotatable bonds is 6. The summed E-state index contributed by atoms with van der Waals surface area (Å²) in [6, 6.07) is 2.10. The topological polar surface area (TPSA) is 58.6 Å². The average Bonchev–Trinajstić information content (AvgIpc) is 2.44. The number of benzene rings is 1. The molecule has 0 aromatic heterocycles. The van der Waals surface area contributed by atoms with E-state index in [1.54, 1.807) is 13.8 Å². The predicted molar refractivity (Wildman–Crippen MR) is 79.9 cm³/mol. The van der Waals surface area contributed by atoms with Crippen LogP contribution in [0.4, 0.5) is 8.78 Å². The zero-order valence-electron chi connectivity index (χ0n) is 13.5. The van der Waals surface area contributed by atoms with Gasteiger partial charge in [-0.1, -0.05) is 27.7 Å². The molecule has 1 atom stereocenters. The molecule has 0 heterocycles. The maximum atomic E-state index is 14.0. The van der Waals surface area contributed by atoms with Gasteiger partial charge in [0, 0.05) is 12.0 Å². The summed E-state index contributed by atoms with van der Waals surface area (Å²) in [4.78, 5) is 12.1. The van der Waals surface area contributed by atoms with Crippen molar-refractivity contribution < 1.29 is 23.4 Å². The molecule has 0 aliphatic carbocycles. The standard InChI is InChI=1S/C16H23F2NO3/c1-9(2)14(20)16(3,4)8-19-15(21)12-10(17)6-7-11(22-5)13(12)18/h6-7,9,14,20H,8H2,1-5H3,(H,19,21). The molecule has 1 rings (SSSR count). The molecular weight excluding hydrogens is 292 g/mol. The molecule has 0 spiro atoms. The number of methoxy groups -OCH3 is 1. The van der Waals surface area contributed by atoms with Crippen molar-refractivity contribution in [1.82, 2.24) is 5.32 Å². The van der Waals surface area contributed by atoms with Gasteiger partial charge in [-0.25, -0.2) is 8.78 Å². The molecule has 0 saturated carbocycles. The van der Waals surface area contributed by atoms with E-state index >= 15 is 0 Å². The smallest absolute Gasteiger partial charge is 0.257 e. The van der Waals surface area contributed by atoms with Gasteiger partial charge in [-0.05, 0) is 18.1 Å². The van der Waals surface area contributed by atoms with Crippen LogP contribution < -0.4 is 10.1 Å². The lowest BCUT2D eigenvalue weighted by Gasteiger charge is -2.33. The fraction of sp³-hybridized carbons (Fsp3) is 0.562. The minimum Gasteiger partial charge on any atom is -0.494 e. The molecule has 124 valence electrons. The number of halogens is 2. The first-order valence-corrected chi connectivity index (χ1v) is 7.10. The third-order valence-corrected chi connectivity index (χ3v) is 3.64. The number of hydrogen-bond donors (Lipinski definition) is 2. The van der Waals surface area contributed by atoms with Crippen LogP contribution in [0.2, 0.25) is 0 Å². The molecule has 1 aromatic carbocycles. The van der Waals surface area contributed by atoms with Gasteiger partial charge in [0.25, 0.3) is 5.91 Å². The van der Waals surface area contributed by atoms with E-state index in [-0.39, 0.29) is 18.2 Å². The van der Waals surface area contributed by atoms with E-state index < -0.39 is 34.6 Å². The molecule has 0 aliphatic rings. The van der Waals surface area contributed by atoms with E-state index in [0.717, 1.165) is 12.1 Å². The van der Waals surface area contributed by atoms with Crippen molar-refractivity contribution in [2.75, 3.05) is 13.7 Å². The molecule has 6 heteroatoms. The van der Waals surface area contributed by atoms with Crippen molar-refractivity contribution in [3.8, 4) is 5.75 Å². The Kier molecular flexibility index (Phi) is 5.88. The summed E-state index contributed by atoms with van der Waals surface area (Å²) in [5, 5.41) is 12.6. The Morgan fingerprint density at radius 1 is 1.36 bits per heavy atom. The fourth-order valence-electron chi connectivity index (χ4n) is 2.30. The number of ether oxygens (including phenoxy) is 1. The largest absolute Gasteiger partial charge is 0.494 e. The van der Waals surface area contributed by atoms with Crippen molar-refractivity contribution in [3.05, 3.63) is 29.3 Å². The molecule has 1 unspecified atom stereocenters. The summed E-state index contributed by atoms with van der Waals surface area (Å²) in [5.41, 5.74) is -1.32. The highest BCUT2D eigenvalue weighted by atomic mass is 19.1. The van der Waals surface area contributed by atoms with Gasteiger partial charge in [0.05, 0.1) is 13.2 Å². The lowest BCUT2D eigenvalue weighted by molar-refractivity contribution is 0.0137. The summed E-state index contributed by atoms with van der Waals surface area (Å²) in [6.07, 6.45) is -0.659. The van der Waals surface area contributed by atoms with Gasteiger partial charge in [-0.3, -0.25) is 4.79 Å². The second-order valence-electron chi connectivity index (χ2n) is 6.30. The van der Waals surface area contributed by atoms with Crippen molar-refractivity contribution >= 4 is 5.91 Å². The fourth-order valence-corrected chi connectivity index (χ4v) is 2.30. The monoisotopic (exact) mass is 315 g/mol. The molecule has 0 bridgehead atoms. The van der Waals surface area contributed by atoms with Gasteiger partial charge < -0.3 is 15.2 Å².